The number of carbonyl (C=O) groups is 1. The predicted octanol–water partition coefficient (Wildman–Crippen LogP) is 2.45. The number of nitrogens with one attached hydrogen (secondary N) is 1. The lowest BCUT2D eigenvalue weighted by molar-refractivity contribution is -0.127. The summed E-state index contributed by atoms with van der Waals surface area (Å²) < 4.78 is 5.66. The fourth-order valence-electron chi connectivity index (χ4n) is 1.46. The minimum atomic E-state index is -0.447. The highest BCUT2D eigenvalue weighted by Crippen LogP contribution is 2.15. The van der Waals surface area contributed by atoms with Crippen molar-refractivity contribution in [1.82, 2.24) is 5.32 Å². The molecule has 0 aromatic heterocycles. The summed E-state index contributed by atoms with van der Waals surface area (Å²) in [7, 11) is 0. The van der Waals surface area contributed by atoms with Crippen LogP contribution >= 0.6 is 0 Å². The highest BCUT2D eigenvalue weighted by atomic mass is 16.5. The summed E-state index contributed by atoms with van der Waals surface area (Å²) in [6, 6.07) is 7.69. The standard InChI is InChI=1S/C14H19NO2/c1-4-9-15-14(16)13(5-2)17-12-8-6-7-11(3)10-12/h4,6-8,10,13H,1,5,9H2,2-3H3,(H,15,16)/t13-/m0/s1. The molecule has 92 valence electrons. The molecule has 0 saturated carbocycles. The van der Waals surface area contributed by atoms with Crippen LogP contribution in [0.4, 0.5) is 0 Å². The van der Waals surface area contributed by atoms with E-state index in [0.29, 0.717) is 13.0 Å². The fraction of sp³-hybridized carbons (Fsp3) is 0.357. The molecular weight excluding hydrogens is 214 g/mol. The molecule has 1 atom stereocenters. The van der Waals surface area contributed by atoms with Gasteiger partial charge in [-0.15, -0.1) is 6.58 Å². The lowest BCUT2D eigenvalue weighted by Crippen LogP contribution is -2.38. The fourth-order valence-corrected chi connectivity index (χ4v) is 1.46. The van der Waals surface area contributed by atoms with Crippen LogP contribution in [0.15, 0.2) is 36.9 Å². The predicted molar refractivity (Wildman–Crippen MR) is 69.1 cm³/mol. The number of aryl methyl sites for hydroxylation is 1. The molecule has 0 bridgehead atoms. The summed E-state index contributed by atoms with van der Waals surface area (Å²) in [5.41, 5.74) is 1.11. The Morgan fingerprint density at radius 2 is 2.35 bits per heavy atom. The second-order valence-electron chi connectivity index (χ2n) is 3.87. The molecule has 0 fully saturated rings. The van der Waals surface area contributed by atoms with E-state index in [4.69, 9.17) is 4.74 Å². The van der Waals surface area contributed by atoms with Crippen LogP contribution in [0.1, 0.15) is 18.9 Å². The highest BCUT2D eigenvalue weighted by Gasteiger charge is 2.17. The van der Waals surface area contributed by atoms with E-state index >= 15 is 0 Å². The van der Waals surface area contributed by atoms with Crippen LogP contribution in [0, 0.1) is 6.92 Å². The third kappa shape index (κ3) is 4.31. The Bertz CT molecular complexity index is 388. The summed E-state index contributed by atoms with van der Waals surface area (Å²) in [4.78, 5) is 11.7. The number of carbonyl (C=O) groups excluding carboxylic acids is 1. The van der Waals surface area contributed by atoms with Crippen molar-refractivity contribution in [3.05, 3.63) is 42.5 Å². The Labute approximate surface area is 102 Å². The molecule has 1 aromatic carbocycles. The number of hydrogen-bond acceptors (Lipinski definition) is 2. The average molecular weight is 233 g/mol. The maximum atomic E-state index is 11.7. The van der Waals surface area contributed by atoms with Crippen molar-refractivity contribution in [2.45, 2.75) is 26.4 Å². The van der Waals surface area contributed by atoms with Gasteiger partial charge in [-0.2, -0.15) is 0 Å². The van der Waals surface area contributed by atoms with Crippen LogP contribution in [-0.4, -0.2) is 18.6 Å². The van der Waals surface area contributed by atoms with Gasteiger partial charge in [0.2, 0.25) is 0 Å². The maximum absolute atomic E-state index is 11.7. The molecule has 0 aliphatic heterocycles. The highest BCUT2D eigenvalue weighted by molar-refractivity contribution is 5.81. The van der Waals surface area contributed by atoms with Crippen molar-refractivity contribution in [3.8, 4) is 5.75 Å². The molecule has 17 heavy (non-hydrogen) atoms. The molecule has 1 rings (SSSR count). The summed E-state index contributed by atoms with van der Waals surface area (Å²) in [6.07, 6.45) is 1.84. The van der Waals surface area contributed by atoms with Crippen LogP contribution in [0.25, 0.3) is 0 Å². The van der Waals surface area contributed by atoms with Gasteiger partial charge in [-0.1, -0.05) is 25.1 Å². The molecule has 3 heteroatoms. The third-order valence-electron chi connectivity index (χ3n) is 2.35. The van der Waals surface area contributed by atoms with E-state index in [2.05, 4.69) is 11.9 Å². The van der Waals surface area contributed by atoms with Crippen molar-refractivity contribution in [3.63, 3.8) is 0 Å². The largest absolute Gasteiger partial charge is 0.481 e. The average Bonchev–Trinajstić information content (AvgIpc) is 2.33. The first-order valence-corrected chi connectivity index (χ1v) is 5.79. The Morgan fingerprint density at radius 3 is 2.94 bits per heavy atom. The van der Waals surface area contributed by atoms with Gasteiger partial charge in [-0.05, 0) is 31.0 Å². The molecule has 1 N–H and O–H groups in total. The summed E-state index contributed by atoms with van der Waals surface area (Å²) >= 11 is 0. The molecular formula is C14H19NO2. The van der Waals surface area contributed by atoms with Gasteiger partial charge < -0.3 is 10.1 Å². The van der Waals surface area contributed by atoms with Gasteiger partial charge in [-0.25, -0.2) is 0 Å². The number of amides is 1. The molecule has 0 aliphatic carbocycles. The second kappa shape index (κ2) is 6.74. The molecule has 0 heterocycles. The number of rotatable bonds is 6. The van der Waals surface area contributed by atoms with E-state index in [1.54, 1.807) is 6.08 Å². The molecule has 1 aromatic rings. The van der Waals surface area contributed by atoms with Crippen molar-refractivity contribution >= 4 is 5.91 Å². The minimum Gasteiger partial charge on any atom is -0.481 e. The quantitative estimate of drug-likeness (QED) is 0.766. The lowest BCUT2D eigenvalue weighted by Gasteiger charge is -2.17. The summed E-state index contributed by atoms with van der Waals surface area (Å²) in [5.74, 6) is 0.625. The number of hydrogen-bond donors (Lipinski definition) is 1. The zero-order valence-electron chi connectivity index (χ0n) is 10.4. The number of benzene rings is 1. The minimum absolute atomic E-state index is 0.103. The smallest absolute Gasteiger partial charge is 0.261 e. The first-order valence-electron chi connectivity index (χ1n) is 5.79. The van der Waals surface area contributed by atoms with Gasteiger partial charge in [-0.3, -0.25) is 4.79 Å². The van der Waals surface area contributed by atoms with Crippen molar-refractivity contribution in [2.24, 2.45) is 0 Å². The van der Waals surface area contributed by atoms with E-state index < -0.39 is 6.10 Å². The van der Waals surface area contributed by atoms with E-state index in [1.165, 1.54) is 0 Å². The van der Waals surface area contributed by atoms with Gasteiger partial charge in [0.15, 0.2) is 6.10 Å². The first kappa shape index (κ1) is 13.3. The van der Waals surface area contributed by atoms with Gasteiger partial charge >= 0.3 is 0 Å². The van der Waals surface area contributed by atoms with Crippen LogP contribution in [0.3, 0.4) is 0 Å². The zero-order chi connectivity index (χ0) is 12.7. The normalized spacial score (nSPS) is 11.6. The Morgan fingerprint density at radius 1 is 1.59 bits per heavy atom. The SMILES string of the molecule is C=CCNC(=O)[C@H](CC)Oc1cccc(C)c1. The van der Waals surface area contributed by atoms with Gasteiger partial charge in [0.25, 0.3) is 5.91 Å². The van der Waals surface area contributed by atoms with Crippen molar-refractivity contribution < 1.29 is 9.53 Å². The maximum Gasteiger partial charge on any atom is 0.261 e. The zero-order valence-corrected chi connectivity index (χ0v) is 10.4. The molecule has 0 radical (unpaired) electrons. The molecule has 0 spiro atoms. The molecule has 0 aliphatic rings. The van der Waals surface area contributed by atoms with Crippen molar-refractivity contribution in [2.75, 3.05) is 6.54 Å². The number of ether oxygens (including phenoxy) is 1. The molecule has 0 unspecified atom stereocenters. The van der Waals surface area contributed by atoms with Gasteiger partial charge in [0, 0.05) is 6.54 Å². The first-order chi connectivity index (χ1) is 8.17. The van der Waals surface area contributed by atoms with Gasteiger partial charge in [0.1, 0.15) is 5.75 Å². The van der Waals surface area contributed by atoms with Crippen molar-refractivity contribution in [1.29, 1.82) is 0 Å². The van der Waals surface area contributed by atoms with E-state index in [-0.39, 0.29) is 5.91 Å². The van der Waals surface area contributed by atoms with E-state index in [9.17, 15) is 4.79 Å². The Hall–Kier alpha value is -1.77. The second-order valence-corrected chi connectivity index (χ2v) is 3.87. The Kier molecular flexibility index (Phi) is 5.27. The topological polar surface area (TPSA) is 38.3 Å². The molecule has 1 amide bonds. The monoisotopic (exact) mass is 233 g/mol. The summed E-state index contributed by atoms with van der Waals surface area (Å²) in [5, 5.41) is 2.74. The molecule has 3 nitrogen and oxygen atoms in total. The van der Waals surface area contributed by atoms with Gasteiger partial charge in [0.05, 0.1) is 0 Å². The summed E-state index contributed by atoms with van der Waals surface area (Å²) in [6.45, 7) is 7.94. The third-order valence-corrected chi connectivity index (χ3v) is 2.35. The van der Waals surface area contributed by atoms with Crippen LogP contribution in [0.5, 0.6) is 5.75 Å². The van der Waals surface area contributed by atoms with E-state index in [1.807, 2.05) is 38.1 Å². The lowest BCUT2D eigenvalue weighted by atomic mass is 10.2. The van der Waals surface area contributed by atoms with Crippen LogP contribution in [0.2, 0.25) is 0 Å². The van der Waals surface area contributed by atoms with Crippen LogP contribution < -0.4 is 10.1 Å². The molecule has 0 saturated heterocycles. The Balaban J connectivity index is 2.63. The van der Waals surface area contributed by atoms with Crippen LogP contribution in [-0.2, 0) is 4.79 Å². The van der Waals surface area contributed by atoms with E-state index in [0.717, 1.165) is 11.3 Å².